The van der Waals surface area contributed by atoms with Crippen molar-refractivity contribution in [1.29, 1.82) is 0 Å². The number of aromatic amines is 2. The second-order valence-corrected chi connectivity index (χ2v) is 16.2. The van der Waals surface area contributed by atoms with E-state index in [0.29, 0.717) is 51.4 Å². The van der Waals surface area contributed by atoms with Crippen LogP contribution in [0.1, 0.15) is 46.8 Å². The Morgan fingerprint density at radius 1 is 0.731 bits per heavy atom. The number of hydrogen-bond acceptors (Lipinski definition) is 9. The minimum Gasteiger partial charge on any atom is -0.465 e. The molecule has 334 valence electrons. The number of alkyl carbamates (subject to hydrolysis) is 1. The van der Waals surface area contributed by atoms with E-state index in [0.717, 1.165) is 33.5 Å². The molecule has 4 aromatic carbocycles. The summed E-state index contributed by atoms with van der Waals surface area (Å²) in [5.41, 5.74) is 7.68. The van der Waals surface area contributed by atoms with Gasteiger partial charge in [-0.15, -0.1) is 0 Å². The van der Waals surface area contributed by atoms with Crippen molar-refractivity contribution < 1.29 is 33.8 Å². The number of H-pyrrole nitrogens is 2. The molecule has 10 rings (SSSR count). The van der Waals surface area contributed by atoms with Gasteiger partial charge in [-0.25, -0.2) is 24.5 Å². The van der Waals surface area contributed by atoms with Crippen LogP contribution in [-0.4, -0.2) is 80.9 Å². The zero-order valence-electron chi connectivity index (χ0n) is 36.2. The summed E-state index contributed by atoms with van der Waals surface area (Å²) in [5.74, 6) is 1.16. The largest absolute Gasteiger partial charge is 0.465 e. The maximum Gasteiger partial charge on any atom is 0.407 e. The number of benzene rings is 4. The number of amides is 2. The molecule has 0 radical (unpaired) electrons. The van der Waals surface area contributed by atoms with Crippen LogP contribution in [0.25, 0.3) is 68.0 Å². The quantitative estimate of drug-likeness (QED) is 0.0830. The van der Waals surface area contributed by atoms with Crippen LogP contribution in [-0.2, 0) is 4.74 Å². The summed E-state index contributed by atoms with van der Waals surface area (Å²) < 4.78 is 16.6. The van der Waals surface area contributed by atoms with Crippen LogP contribution in [0, 0.1) is 5.92 Å². The van der Waals surface area contributed by atoms with Gasteiger partial charge in [-0.3, -0.25) is 23.3 Å². The number of nitrogens with one attached hydrogen (secondary N) is 4. The summed E-state index contributed by atoms with van der Waals surface area (Å²) in [6.07, 6.45) is 4.12. The molecule has 0 unspecified atom stereocenters. The van der Waals surface area contributed by atoms with Gasteiger partial charge in [-0.2, -0.15) is 0 Å². The summed E-state index contributed by atoms with van der Waals surface area (Å²) in [6, 6.07) is 35.3. The Morgan fingerprint density at radius 3 is 2.15 bits per heavy atom. The first-order valence-corrected chi connectivity index (χ1v) is 21.4. The summed E-state index contributed by atoms with van der Waals surface area (Å²) in [5, 5.41) is 14.6. The fourth-order valence-corrected chi connectivity index (χ4v) is 8.46. The summed E-state index contributed by atoms with van der Waals surface area (Å²) >= 11 is 0. The van der Waals surface area contributed by atoms with E-state index in [9.17, 15) is 24.3 Å². The minimum absolute atomic E-state index is 0.208. The van der Waals surface area contributed by atoms with Crippen molar-refractivity contribution in [3.05, 3.63) is 157 Å². The summed E-state index contributed by atoms with van der Waals surface area (Å²) in [4.78, 5) is 72.6. The summed E-state index contributed by atoms with van der Waals surface area (Å²) in [6.45, 7) is 3.70. The Hall–Kier alpha value is -8.99. The number of aromatic nitrogens is 8. The maximum absolute atomic E-state index is 13.9. The third-order valence-electron chi connectivity index (χ3n) is 11.7. The van der Waals surface area contributed by atoms with Gasteiger partial charge in [0.15, 0.2) is 11.6 Å². The van der Waals surface area contributed by atoms with Crippen molar-refractivity contribution in [2.24, 2.45) is 5.92 Å². The molecule has 6 heterocycles. The SMILES string of the molecule is COC(=O)N[C@H](C(=O)n1cccc1-c1nc2ccc(-c3cnc4n3[C@H](c3ccccc3)Oc3cc(-c5cnc(-c6cccn6C(=O)[C@@H](NC(=O)O)c6ccccc6)[nH]5)ccc3-4)cc2[nH]1)C(C)C. The number of methoxy groups -OCH3 is 1. The van der Waals surface area contributed by atoms with E-state index in [2.05, 4.69) is 30.2 Å². The third-order valence-corrected chi connectivity index (χ3v) is 11.7. The van der Waals surface area contributed by atoms with Crippen LogP contribution < -0.4 is 15.4 Å². The topological polar surface area (TPSA) is 216 Å². The molecule has 5 N–H and O–H groups in total. The number of carbonyl (C=O) groups excluding carboxylic acids is 3. The smallest absolute Gasteiger partial charge is 0.407 e. The number of rotatable bonds is 11. The highest BCUT2D eigenvalue weighted by Crippen LogP contribution is 2.45. The molecule has 0 aliphatic carbocycles. The van der Waals surface area contributed by atoms with E-state index >= 15 is 0 Å². The minimum atomic E-state index is -1.32. The lowest BCUT2D eigenvalue weighted by molar-refractivity contribution is 0.0821. The number of carboxylic acid groups (broad SMARTS) is 1. The third kappa shape index (κ3) is 7.77. The fourth-order valence-electron chi connectivity index (χ4n) is 8.46. The van der Waals surface area contributed by atoms with Gasteiger partial charge < -0.3 is 35.2 Å². The molecule has 0 fully saturated rings. The van der Waals surface area contributed by atoms with Gasteiger partial charge in [0, 0.05) is 29.1 Å². The van der Waals surface area contributed by atoms with Gasteiger partial charge in [0.25, 0.3) is 11.8 Å². The monoisotopic (exact) mass is 894 g/mol. The second-order valence-electron chi connectivity index (χ2n) is 16.2. The van der Waals surface area contributed by atoms with E-state index in [1.165, 1.54) is 16.2 Å². The first kappa shape index (κ1) is 42.0. The predicted molar refractivity (Wildman–Crippen MR) is 248 cm³/mol. The molecule has 2 amide bonds. The Bertz CT molecular complexity index is 3330. The molecule has 1 aliphatic heterocycles. The zero-order valence-corrected chi connectivity index (χ0v) is 36.2. The van der Waals surface area contributed by atoms with Crippen LogP contribution in [0.3, 0.4) is 0 Å². The number of ether oxygens (including phenoxy) is 2. The number of nitrogens with zero attached hydrogens (tertiary/aromatic N) is 6. The van der Waals surface area contributed by atoms with Gasteiger partial charge in [-0.1, -0.05) is 86.6 Å². The van der Waals surface area contributed by atoms with Crippen LogP contribution >= 0.6 is 0 Å². The highest BCUT2D eigenvalue weighted by molar-refractivity contribution is 5.93. The first-order chi connectivity index (χ1) is 32.6. The van der Waals surface area contributed by atoms with Gasteiger partial charge >= 0.3 is 12.2 Å². The summed E-state index contributed by atoms with van der Waals surface area (Å²) in [7, 11) is 1.26. The highest BCUT2D eigenvalue weighted by Gasteiger charge is 2.33. The van der Waals surface area contributed by atoms with E-state index in [-0.39, 0.29) is 11.8 Å². The van der Waals surface area contributed by atoms with Crippen LogP contribution in [0.15, 0.2) is 146 Å². The van der Waals surface area contributed by atoms with Gasteiger partial charge in [0.1, 0.15) is 23.7 Å². The van der Waals surface area contributed by atoms with E-state index < -0.39 is 36.4 Å². The Balaban J connectivity index is 0.966. The van der Waals surface area contributed by atoms with E-state index in [4.69, 9.17) is 19.4 Å². The molecule has 0 bridgehead atoms. The van der Waals surface area contributed by atoms with Crippen molar-refractivity contribution in [3.8, 4) is 62.7 Å². The predicted octanol–water partition coefficient (Wildman–Crippen LogP) is 9.03. The van der Waals surface area contributed by atoms with Crippen molar-refractivity contribution in [2.75, 3.05) is 7.11 Å². The average Bonchev–Trinajstić information content (AvgIpc) is 4.21. The van der Waals surface area contributed by atoms with E-state index in [1.807, 2.05) is 86.8 Å². The average molecular weight is 895 g/mol. The molecule has 17 nitrogen and oxygen atoms in total. The Labute approximate surface area is 382 Å². The van der Waals surface area contributed by atoms with Gasteiger partial charge in [0.2, 0.25) is 6.23 Å². The fraction of sp³-hybridized carbons (Fsp3) is 0.140. The molecule has 0 saturated carbocycles. The molecule has 0 spiro atoms. The molecule has 5 aromatic heterocycles. The van der Waals surface area contributed by atoms with Crippen molar-refractivity contribution in [1.82, 2.24) is 49.3 Å². The lowest BCUT2D eigenvalue weighted by Gasteiger charge is -2.30. The first-order valence-electron chi connectivity index (χ1n) is 21.4. The molecule has 3 atom stereocenters. The highest BCUT2D eigenvalue weighted by atomic mass is 16.5. The van der Waals surface area contributed by atoms with Crippen LogP contribution in [0.4, 0.5) is 9.59 Å². The molecule has 1 aliphatic rings. The second kappa shape index (κ2) is 17.2. The van der Waals surface area contributed by atoms with Crippen molar-refractivity contribution in [2.45, 2.75) is 32.2 Å². The number of hydrogen-bond donors (Lipinski definition) is 5. The normalized spacial score (nSPS) is 13.9. The number of carbonyl (C=O) groups is 4. The maximum atomic E-state index is 13.9. The molecule has 67 heavy (non-hydrogen) atoms. The zero-order chi connectivity index (χ0) is 46.3. The van der Waals surface area contributed by atoms with Crippen molar-refractivity contribution >= 4 is 35.0 Å². The van der Waals surface area contributed by atoms with Gasteiger partial charge in [0.05, 0.1) is 58.9 Å². The molecule has 0 saturated heterocycles. The van der Waals surface area contributed by atoms with Gasteiger partial charge in [-0.05, 0) is 60.0 Å². The lowest BCUT2D eigenvalue weighted by atomic mass is 10.0. The Morgan fingerprint density at radius 2 is 1.43 bits per heavy atom. The Kier molecular flexibility index (Phi) is 10.8. The number of fused-ring (bicyclic) bond motifs is 4. The van der Waals surface area contributed by atoms with Crippen molar-refractivity contribution in [3.63, 3.8) is 0 Å². The molecule has 17 heteroatoms. The molecular formula is C50H42N10O7. The van der Waals surface area contributed by atoms with Crippen LogP contribution in [0.5, 0.6) is 5.75 Å². The molecular weight excluding hydrogens is 853 g/mol. The van der Waals surface area contributed by atoms with Crippen LogP contribution in [0.2, 0.25) is 0 Å². The number of imidazole rings is 3. The standard InChI is InChI=1S/C50H42N10O7/c1-28(2)41(57-50(65)66-3)46(61)59-23-11-17-38(59)44-53-34-21-19-32(24-35(34)54-44)39-27-52-45-33-20-18-31(25-40(33)67-48(60(39)45)30-14-8-5-9-15-30)36-26-51-43(55-36)37-16-10-22-58(37)47(62)42(56-49(63)64)29-12-6-4-7-13-29/h4-28,41-42,48,56H,1-3H3,(H,51,55)(H,53,54)(H,57,65)(H,63,64)/t41-,42-,48-/m0/s1. The molecule has 9 aromatic rings. The lowest BCUT2D eigenvalue weighted by Crippen LogP contribution is -2.46. The van der Waals surface area contributed by atoms with E-state index in [1.54, 1.807) is 73.2 Å².